The average molecular weight is 394 g/mol. The maximum absolute atomic E-state index is 12.7. The average Bonchev–Trinajstić information content (AvgIpc) is 2.69. The molecular weight excluding hydrogens is 370 g/mol. The van der Waals surface area contributed by atoms with E-state index in [9.17, 15) is 4.79 Å². The summed E-state index contributed by atoms with van der Waals surface area (Å²) < 4.78 is 21.5. The van der Waals surface area contributed by atoms with E-state index in [1.54, 1.807) is 37.4 Å². The van der Waals surface area contributed by atoms with Crippen LogP contribution in [0.1, 0.15) is 30.1 Å². The van der Waals surface area contributed by atoms with Crippen molar-refractivity contribution >= 4 is 23.2 Å². The number of hydrogen-bond donors (Lipinski definition) is 1. The smallest absolute Gasteiger partial charge is 0.255 e. The fourth-order valence-corrected chi connectivity index (χ4v) is 2.67. The minimum atomic E-state index is -0.348. The number of hydrogen-bond acceptors (Lipinski definition) is 5. The monoisotopic (exact) mass is 393 g/mol. The molecule has 6 nitrogen and oxygen atoms in total. The first-order valence-corrected chi connectivity index (χ1v) is 8.95. The van der Waals surface area contributed by atoms with Crippen LogP contribution in [-0.2, 0) is 0 Å². The Labute approximate surface area is 164 Å². The fraction of sp³-hybridized carbons (Fsp3) is 0.350. The summed E-state index contributed by atoms with van der Waals surface area (Å²) in [7, 11) is 4.59. The molecule has 2 aromatic carbocycles. The molecule has 2 rings (SSSR count). The second-order valence-electron chi connectivity index (χ2n) is 5.71. The predicted molar refractivity (Wildman–Crippen MR) is 106 cm³/mol. The van der Waals surface area contributed by atoms with Crippen molar-refractivity contribution in [1.82, 2.24) is 0 Å². The van der Waals surface area contributed by atoms with Gasteiger partial charge in [-0.1, -0.05) is 24.9 Å². The van der Waals surface area contributed by atoms with Crippen LogP contribution in [0.5, 0.6) is 23.0 Å². The molecule has 27 heavy (non-hydrogen) atoms. The zero-order valence-electron chi connectivity index (χ0n) is 15.9. The Bertz CT molecular complexity index is 794. The Kier molecular flexibility index (Phi) is 7.61. The number of nitrogens with one attached hydrogen (secondary N) is 1. The summed E-state index contributed by atoms with van der Waals surface area (Å²) in [6.07, 6.45) is 1.91. The standard InChI is InChI=1S/C20H24ClNO5/c1-5-6-9-27-19-15(21)10-13(11-18(19)26-4)20(23)22-16-8-7-14(24-2)12-17(16)25-3/h7-8,10-12H,5-6,9H2,1-4H3,(H,22,23). The van der Waals surface area contributed by atoms with E-state index in [0.717, 1.165) is 12.8 Å². The molecule has 0 aliphatic heterocycles. The first kappa shape index (κ1) is 20.7. The molecule has 0 atom stereocenters. The summed E-state index contributed by atoms with van der Waals surface area (Å²) in [4.78, 5) is 12.7. The lowest BCUT2D eigenvalue weighted by Crippen LogP contribution is -2.13. The summed E-state index contributed by atoms with van der Waals surface area (Å²) in [6, 6.07) is 8.27. The highest BCUT2D eigenvalue weighted by Crippen LogP contribution is 2.37. The van der Waals surface area contributed by atoms with E-state index in [4.69, 9.17) is 30.5 Å². The van der Waals surface area contributed by atoms with E-state index in [0.29, 0.717) is 45.9 Å². The lowest BCUT2D eigenvalue weighted by Gasteiger charge is -2.15. The van der Waals surface area contributed by atoms with Crippen LogP contribution >= 0.6 is 11.6 Å². The van der Waals surface area contributed by atoms with Crippen LogP contribution in [0.2, 0.25) is 5.02 Å². The van der Waals surface area contributed by atoms with Gasteiger partial charge in [0.25, 0.3) is 5.91 Å². The molecule has 0 aliphatic rings. The number of unbranched alkanes of at least 4 members (excludes halogenated alkanes) is 1. The van der Waals surface area contributed by atoms with Gasteiger partial charge >= 0.3 is 0 Å². The molecule has 0 saturated carbocycles. The highest BCUT2D eigenvalue weighted by molar-refractivity contribution is 6.32. The highest BCUT2D eigenvalue weighted by Gasteiger charge is 2.17. The minimum Gasteiger partial charge on any atom is -0.497 e. The van der Waals surface area contributed by atoms with Gasteiger partial charge in [-0.15, -0.1) is 0 Å². The molecule has 0 heterocycles. The fourth-order valence-electron chi connectivity index (χ4n) is 2.41. The molecule has 0 radical (unpaired) electrons. The van der Waals surface area contributed by atoms with Gasteiger partial charge in [0.05, 0.1) is 38.6 Å². The van der Waals surface area contributed by atoms with E-state index < -0.39 is 0 Å². The van der Waals surface area contributed by atoms with E-state index in [1.165, 1.54) is 14.2 Å². The van der Waals surface area contributed by atoms with Gasteiger partial charge in [0.2, 0.25) is 0 Å². The van der Waals surface area contributed by atoms with Crippen molar-refractivity contribution in [2.75, 3.05) is 33.3 Å². The summed E-state index contributed by atoms with van der Waals surface area (Å²) in [5.74, 6) is 1.61. The maximum Gasteiger partial charge on any atom is 0.255 e. The molecule has 0 unspecified atom stereocenters. The van der Waals surface area contributed by atoms with Gasteiger partial charge in [-0.25, -0.2) is 0 Å². The van der Waals surface area contributed by atoms with Crippen LogP contribution in [-0.4, -0.2) is 33.8 Å². The number of rotatable bonds is 9. The van der Waals surface area contributed by atoms with Crippen molar-refractivity contribution in [2.45, 2.75) is 19.8 Å². The Morgan fingerprint density at radius 3 is 2.41 bits per heavy atom. The molecule has 7 heteroatoms. The maximum atomic E-state index is 12.7. The topological polar surface area (TPSA) is 66.0 Å². The third kappa shape index (κ3) is 5.20. The highest BCUT2D eigenvalue weighted by atomic mass is 35.5. The molecule has 146 valence electrons. The molecule has 0 bridgehead atoms. The van der Waals surface area contributed by atoms with Crippen LogP contribution < -0.4 is 24.3 Å². The SMILES string of the molecule is CCCCOc1c(Cl)cc(C(=O)Nc2ccc(OC)cc2OC)cc1OC. The molecule has 0 fully saturated rings. The van der Waals surface area contributed by atoms with Crippen LogP contribution in [0.25, 0.3) is 0 Å². The van der Waals surface area contributed by atoms with Crippen molar-refractivity contribution in [2.24, 2.45) is 0 Å². The number of halogens is 1. The second-order valence-corrected chi connectivity index (χ2v) is 6.12. The quantitative estimate of drug-likeness (QED) is 0.620. The normalized spacial score (nSPS) is 10.3. The van der Waals surface area contributed by atoms with Gasteiger partial charge in [0.15, 0.2) is 11.5 Å². The number of benzene rings is 2. The molecule has 0 aliphatic carbocycles. The van der Waals surface area contributed by atoms with Crippen molar-refractivity contribution < 1.29 is 23.7 Å². The third-order valence-corrected chi connectivity index (χ3v) is 4.17. The van der Waals surface area contributed by atoms with Crippen LogP contribution in [0, 0.1) is 0 Å². The summed E-state index contributed by atoms with van der Waals surface area (Å²) in [5.41, 5.74) is 0.860. The summed E-state index contributed by atoms with van der Waals surface area (Å²) in [6.45, 7) is 2.60. The van der Waals surface area contributed by atoms with Gasteiger partial charge in [0, 0.05) is 11.6 Å². The van der Waals surface area contributed by atoms with Crippen molar-refractivity contribution in [3.8, 4) is 23.0 Å². The number of carbonyl (C=O) groups excluding carboxylic acids is 1. The van der Waals surface area contributed by atoms with Gasteiger partial charge in [-0.05, 0) is 30.7 Å². The Balaban J connectivity index is 2.25. The molecule has 0 saturated heterocycles. The van der Waals surface area contributed by atoms with Crippen LogP contribution in [0.4, 0.5) is 5.69 Å². The van der Waals surface area contributed by atoms with Gasteiger partial charge < -0.3 is 24.3 Å². The van der Waals surface area contributed by atoms with Crippen molar-refractivity contribution in [3.63, 3.8) is 0 Å². The van der Waals surface area contributed by atoms with Crippen molar-refractivity contribution in [1.29, 1.82) is 0 Å². The van der Waals surface area contributed by atoms with E-state index in [2.05, 4.69) is 12.2 Å². The molecule has 0 spiro atoms. The lowest BCUT2D eigenvalue weighted by molar-refractivity contribution is 0.102. The first-order valence-electron chi connectivity index (χ1n) is 8.57. The zero-order valence-corrected chi connectivity index (χ0v) is 16.7. The Morgan fingerprint density at radius 1 is 1.04 bits per heavy atom. The Hall–Kier alpha value is -2.60. The number of methoxy groups -OCH3 is 3. The molecule has 1 N–H and O–H groups in total. The lowest BCUT2D eigenvalue weighted by atomic mass is 10.1. The molecule has 2 aromatic rings. The number of ether oxygens (including phenoxy) is 4. The molecular formula is C20H24ClNO5. The number of amides is 1. The Morgan fingerprint density at radius 2 is 1.78 bits per heavy atom. The first-order chi connectivity index (χ1) is 13.0. The van der Waals surface area contributed by atoms with Gasteiger partial charge in [0.1, 0.15) is 11.5 Å². The van der Waals surface area contributed by atoms with Crippen LogP contribution in [0.15, 0.2) is 30.3 Å². The number of anilines is 1. The zero-order chi connectivity index (χ0) is 19.8. The largest absolute Gasteiger partial charge is 0.497 e. The molecule has 1 amide bonds. The van der Waals surface area contributed by atoms with Gasteiger partial charge in [-0.3, -0.25) is 4.79 Å². The van der Waals surface area contributed by atoms with Crippen molar-refractivity contribution in [3.05, 3.63) is 40.9 Å². The molecule has 0 aromatic heterocycles. The third-order valence-electron chi connectivity index (χ3n) is 3.89. The van der Waals surface area contributed by atoms with E-state index >= 15 is 0 Å². The van der Waals surface area contributed by atoms with E-state index in [-0.39, 0.29) is 5.91 Å². The predicted octanol–water partition coefficient (Wildman–Crippen LogP) is 4.80. The summed E-state index contributed by atoms with van der Waals surface area (Å²) in [5, 5.41) is 3.12. The second kappa shape index (κ2) is 9.92. The van der Waals surface area contributed by atoms with E-state index in [1.807, 2.05) is 0 Å². The minimum absolute atomic E-state index is 0.317. The summed E-state index contributed by atoms with van der Waals surface area (Å²) >= 11 is 6.31. The van der Waals surface area contributed by atoms with Crippen LogP contribution in [0.3, 0.4) is 0 Å². The number of carbonyl (C=O) groups is 1. The van der Waals surface area contributed by atoms with Gasteiger partial charge in [-0.2, -0.15) is 0 Å².